The van der Waals surface area contributed by atoms with Gasteiger partial charge in [-0.3, -0.25) is 14.8 Å². The number of aliphatic hydroxyl groups is 1. The Labute approximate surface area is 195 Å². The van der Waals surface area contributed by atoms with Crippen LogP contribution >= 0.6 is 0 Å². The number of aldehydes is 1. The standard InChI is InChI=1S/C25H28N4O2.CH4O/c1-18(2)19-6-8-20(9-7-19)23-17-24(29(28-23)25(31)5-4-16-30)21-10-12-22(13-11-21)27-15-14-26-3;1-2/h6-16,18,24H,4-5,17H2,1-3H3;2H,1H3. The largest absolute Gasteiger partial charge is 0.400 e. The first-order valence-corrected chi connectivity index (χ1v) is 11.0. The highest BCUT2D eigenvalue weighted by molar-refractivity contribution is 6.16. The van der Waals surface area contributed by atoms with E-state index < -0.39 is 0 Å². The summed E-state index contributed by atoms with van der Waals surface area (Å²) in [5, 5.41) is 13.2. The first-order valence-electron chi connectivity index (χ1n) is 11.0. The Hall–Kier alpha value is -3.45. The van der Waals surface area contributed by atoms with Crippen LogP contribution in [-0.4, -0.2) is 54.6 Å². The van der Waals surface area contributed by atoms with Gasteiger partial charge in [0, 0.05) is 45.8 Å². The molecule has 0 saturated carbocycles. The number of carbonyl (C=O) groups excluding carboxylic acids is 2. The maximum atomic E-state index is 12.8. The molecule has 1 heterocycles. The predicted molar refractivity (Wildman–Crippen MR) is 134 cm³/mol. The lowest BCUT2D eigenvalue weighted by atomic mass is 9.96. The van der Waals surface area contributed by atoms with Gasteiger partial charge in [0.25, 0.3) is 0 Å². The zero-order chi connectivity index (χ0) is 24.2. The van der Waals surface area contributed by atoms with Crippen molar-refractivity contribution < 1.29 is 14.7 Å². The third-order valence-corrected chi connectivity index (χ3v) is 5.27. The molecule has 0 radical (unpaired) electrons. The number of aliphatic hydroxyl groups excluding tert-OH is 1. The molecular formula is C26H32N4O3. The van der Waals surface area contributed by atoms with Gasteiger partial charge in [0.15, 0.2) is 0 Å². The molecule has 33 heavy (non-hydrogen) atoms. The SMILES string of the molecule is CN=CC=Nc1ccc(C2CC(c3ccc(C(C)C)cc3)=NN2C(=O)CCC=O)cc1.CO. The van der Waals surface area contributed by atoms with Gasteiger partial charge in [-0.05, 0) is 34.7 Å². The van der Waals surface area contributed by atoms with Crippen LogP contribution in [0, 0.1) is 0 Å². The summed E-state index contributed by atoms with van der Waals surface area (Å²) in [5.41, 5.74) is 4.95. The lowest BCUT2D eigenvalue weighted by Gasteiger charge is -2.22. The van der Waals surface area contributed by atoms with Crippen molar-refractivity contribution in [2.24, 2.45) is 15.1 Å². The number of hydrogen-bond acceptors (Lipinski definition) is 6. The van der Waals surface area contributed by atoms with Crippen molar-refractivity contribution in [2.75, 3.05) is 14.2 Å². The minimum Gasteiger partial charge on any atom is -0.400 e. The monoisotopic (exact) mass is 448 g/mol. The lowest BCUT2D eigenvalue weighted by molar-refractivity contribution is -0.133. The van der Waals surface area contributed by atoms with Gasteiger partial charge >= 0.3 is 0 Å². The van der Waals surface area contributed by atoms with E-state index in [-0.39, 0.29) is 24.8 Å². The van der Waals surface area contributed by atoms with Gasteiger partial charge < -0.3 is 9.90 Å². The molecule has 0 aromatic heterocycles. The normalized spacial score (nSPS) is 15.6. The van der Waals surface area contributed by atoms with Gasteiger partial charge in [0.1, 0.15) is 6.29 Å². The smallest absolute Gasteiger partial charge is 0.243 e. The number of hydrogen-bond donors (Lipinski definition) is 1. The van der Waals surface area contributed by atoms with Crippen LogP contribution in [0.3, 0.4) is 0 Å². The first kappa shape index (κ1) is 25.8. The molecule has 2 aromatic carbocycles. The van der Waals surface area contributed by atoms with E-state index in [0.717, 1.165) is 35.9 Å². The summed E-state index contributed by atoms with van der Waals surface area (Å²) in [7, 11) is 2.69. The number of carbonyl (C=O) groups is 2. The fraction of sp³-hybridized carbons (Fsp3) is 0.346. The van der Waals surface area contributed by atoms with Crippen molar-refractivity contribution in [2.45, 2.75) is 45.1 Å². The molecule has 0 fully saturated rings. The van der Waals surface area contributed by atoms with E-state index in [1.165, 1.54) is 10.6 Å². The highest BCUT2D eigenvalue weighted by Gasteiger charge is 2.32. The molecule has 1 atom stereocenters. The Kier molecular flexibility index (Phi) is 10.3. The average molecular weight is 449 g/mol. The summed E-state index contributed by atoms with van der Waals surface area (Å²) in [6.07, 6.45) is 5.01. The number of aliphatic imine (C=N–C) groups is 2. The first-order chi connectivity index (χ1) is 16.0. The Bertz CT molecular complexity index is 993. The molecule has 1 unspecified atom stereocenters. The van der Waals surface area contributed by atoms with E-state index in [1.807, 2.05) is 24.3 Å². The Morgan fingerprint density at radius 1 is 1.12 bits per heavy atom. The van der Waals surface area contributed by atoms with Crippen LogP contribution in [-0.2, 0) is 9.59 Å². The van der Waals surface area contributed by atoms with Gasteiger partial charge in [-0.2, -0.15) is 5.10 Å². The van der Waals surface area contributed by atoms with Crippen molar-refractivity contribution in [3.63, 3.8) is 0 Å². The molecule has 2 aromatic rings. The van der Waals surface area contributed by atoms with E-state index in [4.69, 9.17) is 5.11 Å². The minimum absolute atomic E-state index is 0.146. The van der Waals surface area contributed by atoms with Gasteiger partial charge in [-0.15, -0.1) is 0 Å². The van der Waals surface area contributed by atoms with Gasteiger partial charge in [0.2, 0.25) is 5.91 Å². The fourth-order valence-corrected chi connectivity index (χ4v) is 3.50. The summed E-state index contributed by atoms with van der Waals surface area (Å²) in [5.74, 6) is 0.311. The summed E-state index contributed by atoms with van der Waals surface area (Å²) in [4.78, 5) is 31.7. The molecule has 1 N–H and O–H groups in total. The van der Waals surface area contributed by atoms with Crippen LogP contribution in [0.15, 0.2) is 63.6 Å². The highest BCUT2D eigenvalue weighted by atomic mass is 16.2. The van der Waals surface area contributed by atoms with E-state index in [1.54, 1.807) is 19.5 Å². The number of nitrogens with zero attached hydrogens (tertiary/aromatic N) is 4. The maximum absolute atomic E-state index is 12.8. The summed E-state index contributed by atoms with van der Waals surface area (Å²) in [6.45, 7) is 4.32. The third-order valence-electron chi connectivity index (χ3n) is 5.27. The minimum atomic E-state index is -0.200. The van der Waals surface area contributed by atoms with Crippen molar-refractivity contribution in [1.29, 1.82) is 0 Å². The van der Waals surface area contributed by atoms with E-state index in [2.05, 4.69) is 53.2 Å². The Morgan fingerprint density at radius 3 is 2.36 bits per heavy atom. The van der Waals surface area contributed by atoms with Gasteiger partial charge in [0.05, 0.1) is 17.4 Å². The molecule has 0 spiro atoms. The lowest BCUT2D eigenvalue weighted by Crippen LogP contribution is -2.26. The molecule has 1 aliphatic heterocycles. The molecule has 7 nitrogen and oxygen atoms in total. The second kappa shape index (κ2) is 13.2. The molecule has 0 saturated heterocycles. The van der Waals surface area contributed by atoms with Crippen LogP contribution in [0.4, 0.5) is 5.69 Å². The molecule has 0 aliphatic carbocycles. The topological polar surface area (TPSA) is 94.7 Å². The second-order valence-electron chi connectivity index (χ2n) is 7.76. The summed E-state index contributed by atoms with van der Waals surface area (Å²) < 4.78 is 0. The van der Waals surface area contributed by atoms with Crippen molar-refractivity contribution >= 4 is 36.0 Å². The average Bonchev–Trinajstić information content (AvgIpc) is 3.30. The maximum Gasteiger partial charge on any atom is 0.243 e. The Morgan fingerprint density at radius 2 is 1.79 bits per heavy atom. The molecular weight excluding hydrogens is 416 g/mol. The second-order valence-corrected chi connectivity index (χ2v) is 7.76. The van der Waals surface area contributed by atoms with E-state index in [9.17, 15) is 9.59 Å². The molecule has 0 bridgehead atoms. The van der Waals surface area contributed by atoms with Crippen LogP contribution in [0.1, 0.15) is 61.8 Å². The van der Waals surface area contributed by atoms with Crippen LogP contribution < -0.4 is 0 Å². The number of amides is 1. The molecule has 3 rings (SSSR count). The van der Waals surface area contributed by atoms with Crippen molar-refractivity contribution in [3.8, 4) is 0 Å². The number of rotatable bonds is 8. The Balaban J connectivity index is 0.00000187. The van der Waals surface area contributed by atoms with Crippen molar-refractivity contribution in [1.82, 2.24) is 5.01 Å². The third kappa shape index (κ3) is 7.02. The zero-order valence-electron chi connectivity index (χ0n) is 19.7. The van der Waals surface area contributed by atoms with Crippen LogP contribution in [0.25, 0.3) is 0 Å². The number of benzene rings is 2. The molecule has 1 amide bonds. The molecule has 1 aliphatic rings. The van der Waals surface area contributed by atoms with Gasteiger partial charge in [-0.1, -0.05) is 50.2 Å². The summed E-state index contributed by atoms with van der Waals surface area (Å²) >= 11 is 0. The van der Waals surface area contributed by atoms with E-state index >= 15 is 0 Å². The molecule has 7 heteroatoms. The highest BCUT2D eigenvalue weighted by Crippen LogP contribution is 2.34. The van der Waals surface area contributed by atoms with E-state index in [0.29, 0.717) is 12.3 Å². The predicted octanol–water partition coefficient (Wildman–Crippen LogP) is 4.48. The number of hydrazone groups is 1. The fourth-order valence-electron chi connectivity index (χ4n) is 3.50. The summed E-state index contributed by atoms with van der Waals surface area (Å²) in [6, 6.07) is 15.9. The van der Waals surface area contributed by atoms with Crippen molar-refractivity contribution in [3.05, 3.63) is 65.2 Å². The molecule has 174 valence electrons. The van der Waals surface area contributed by atoms with Crippen LogP contribution in [0.5, 0.6) is 0 Å². The zero-order valence-corrected chi connectivity index (χ0v) is 19.7. The van der Waals surface area contributed by atoms with Crippen LogP contribution in [0.2, 0.25) is 0 Å². The van der Waals surface area contributed by atoms with Gasteiger partial charge in [-0.25, -0.2) is 5.01 Å². The quantitative estimate of drug-likeness (QED) is 0.476.